The van der Waals surface area contributed by atoms with E-state index in [9.17, 15) is 13.2 Å². The van der Waals surface area contributed by atoms with E-state index in [1.165, 1.54) is 35.0 Å². The molecule has 1 aliphatic heterocycles. The zero-order valence-corrected chi connectivity index (χ0v) is 19.1. The Labute approximate surface area is 186 Å². The third kappa shape index (κ3) is 5.28. The van der Waals surface area contributed by atoms with Crippen molar-refractivity contribution in [3.8, 4) is 0 Å². The van der Waals surface area contributed by atoms with Crippen LogP contribution in [0.1, 0.15) is 43.0 Å². The van der Waals surface area contributed by atoms with Crippen LogP contribution < -0.4 is 5.32 Å². The number of sulfonamides is 1. The van der Waals surface area contributed by atoms with Crippen LogP contribution in [0.25, 0.3) is 0 Å². The number of rotatable bonds is 7. The smallest absolute Gasteiger partial charge is 0.243 e. The molecule has 2 heterocycles. The Morgan fingerprint density at radius 3 is 2.77 bits per heavy atom. The molecule has 2 N–H and O–H groups in total. The van der Waals surface area contributed by atoms with E-state index in [0.717, 1.165) is 24.2 Å². The first kappa shape index (κ1) is 22.3. The minimum Gasteiger partial charge on any atom is -0.379 e. The number of aryl methyl sites for hydroxylation is 1. The largest absolute Gasteiger partial charge is 0.379 e. The van der Waals surface area contributed by atoms with Gasteiger partial charge in [-0.25, -0.2) is 13.4 Å². The van der Waals surface area contributed by atoms with Crippen LogP contribution in [0.2, 0.25) is 0 Å². The average Bonchev–Trinajstić information content (AvgIpc) is 3.46. The average molecular weight is 466 g/mol. The standard InChI is InChI=1S/C20H27N5O4S2/c1-14-6-7-16(31(27,28)25-8-10-29-11-9-25)12-17(14)21-18(26)13-30-20-22-19(23-24-20)15-4-2-3-5-15/h6-7,12,15H,2-5,8-11,13H2,1H3,(H,21,26)(H,22,23,24). The molecule has 1 saturated carbocycles. The summed E-state index contributed by atoms with van der Waals surface area (Å²) in [6.07, 6.45) is 4.69. The number of carbonyl (C=O) groups excluding carboxylic acids is 1. The molecule has 1 saturated heterocycles. The minimum atomic E-state index is -3.63. The van der Waals surface area contributed by atoms with Gasteiger partial charge in [0.25, 0.3) is 0 Å². The van der Waals surface area contributed by atoms with Gasteiger partial charge < -0.3 is 10.1 Å². The Balaban J connectivity index is 1.38. The predicted octanol–water partition coefficient (Wildman–Crippen LogP) is 2.52. The van der Waals surface area contributed by atoms with Crippen LogP contribution in [-0.2, 0) is 19.6 Å². The predicted molar refractivity (Wildman–Crippen MR) is 118 cm³/mol. The van der Waals surface area contributed by atoms with Crippen molar-refractivity contribution < 1.29 is 17.9 Å². The van der Waals surface area contributed by atoms with E-state index in [-0.39, 0.29) is 16.6 Å². The number of nitrogens with one attached hydrogen (secondary N) is 2. The molecule has 0 radical (unpaired) electrons. The topological polar surface area (TPSA) is 117 Å². The van der Waals surface area contributed by atoms with Crippen molar-refractivity contribution in [3.05, 3.63) is 29.6 Å². The number of hydrogen-bond donors (Lipinski definition) is 2. The maximum atomic E-state index is 12.9. The molecule has 9 nitrogen and oxygen atoms in total. The zero-order valence-electron chi connectivity index (χ0n) is 17.5. The summed E-state index contributed by atoms with van der Waals surface area (Å²) in [5, 5.41) is 10.6. The van der Waals surface area contributed by atoms with Crippen molar-refractivity contribution in [1.82, 2.24) is 19.5 Å². The zero-order chi connectivity index (χ0) is 21.8. The molecule has 0 spiro atoms. The second-order valence-electron chi connectivity index (χ2n) is 7.81. The molecular formula is C20H27N5O4S2. The van der Waals surface area contributed by atoms with Gasteiger partial charge in [0.1, 0.15) is 5.82 Å². The highest BCUT2D eigenvalue weighted by Gasteiger charge is 2.27. The lowest BCUT2D eigenvalue weighted by Gasteiger charge is -2.26. The summed E-state index contributed by atoms with van der Waals surface area (Å²) in [4.78, 5) is 17.2. The fraction of sp³-hybridized carbons (Fsp3) is 0.550. The molecule has 2 aliphatic rings. The number of amides is 1. The molecule has 168 valence electrons. The summed E-state index contributed by atoms with van der Waals surface area (Å²) in [7, 11) is -3.63. The number of morpholine rings is 1. The lowest BCUT2D eigenvalue weighted by Crippen LogP contribution is -2.40. The van der Waals surface area contributed by atoms with E-state index in [0.29, 0.717) is 43.1 Å². The Hall–Kier alpha value is -1.95. The third-order valence-corrected chi connectivity index (χ3v) is 8.39. The van der Waals surface area contributed by atoms with Crippen LogP contribution in [0.3, 0.4) is 0 Å². The molecule has 1 aromatic heterocycles. The van der Waals surface area contributed by atoms with Gasteiger partial charge in [-0.2, -0.15) is 4.31 Å². The fourth-order valence-electron chi connectivity index (χ4n) is 3.85. The molecule has 0 bridgehead atoms. The van der Waals surface area contributed by atoms with Gasteiger partial charge >= 0.3 is 0 Å². The first-order valence-corrected chi connectivity index (χ1v) is 12.9. The lowest BCUT2D eigenvalue weighted by molar-refractivity contribution is -0.113. The van der Waals surface area contributed by atoms with Crippen molar-refractivity contribution in [2.75, 3.05) is 37.4 Å². The van der Waals surface area contributed by atoms with Gasteiger partial charge in [0.2, 0.25) is 21.1 Å². The van der Waals surface area contributed by atoms with Crippen molar-refractivity contribution in [2.24, 2.45) is 0 Å². The van der Waals surface area contributed by atoms with Crippen LogP contribution in [0.5, 0.6) is 0 Å². The number of benzene rings is 1. The number of nitrogens with zero attached hydrogens (tertiary/aromatic N) is 3. The van der Waals surface area contributed by atoms with Crippen LogP contribution in [0.15, 0.2) is 28.3 Å². The van der Waals surface area contributed by atoms with Crippen LogP contribution >= 0.6 is 11.8 Å². The molecule has 2 aromatic rings. The van der Waals surface area contributed by atoms with Gasteiger partial charge in [-0.05, 0) is 37.5 Å². The van der Waals surface area contributed by atoms with Gasteiger partial charge in [-0.15, -0.1) is 5.10 Å². The molecule has 0 unspecified atom stereocenters. The normalized spacial score (nSPS) is 18.4. The first-order chi connectivity index (χ1) is 14.9. The van der Waals surface area contributed by atoms with E-state index in [1.807, 2.05) is 6.92 Å². The third-order valence-electron chi connectivity index (χ3n) is 5.65. The number of thioether (sulfide) groups is 1. The number of H-pyrrole nitrogens is 1. The molecule has 4 rings (SSSR count). The SMILES string of the molecule is Cc1ccc(S(=O)(=O)N2CCOCC2)cc1NC(=O)CSc1n[nH]c(C2CCCC2)n1. The number of ether oxygens (including phenoxy) is 1. The Morgan fingerprint density at radius 1 is 1.29 bits per heavy atom. The molecule has 2 fully saturated rings. The first-order valence-electron chi connectivity index (χ1n) is 10.5. The molecule has 1 aliphatic carbocycles. The molecule has 1 aromatic carbocycles. The van der Waals surface area contributed by atoms with Gasteiger partial charge in [0, 0.05) is 24.7 Å². The molecule has 0 atom stereocenters. The van der Waals surface area contributed by atoms with E-state index in [2.05, 4.69) is 20.5 Å². The number of aromatic amines is 1. The monoisotopic (exact) mass is 465 g/mol. The van der Waals surface area contributed by atoms with Gasteiger partial charge in [-0.3, -0.25) is 9.89 Å². The van der Waals surface area contributed by atoms with Gasteiger partial charge in [0.05, 0.1) is 23.9 Å². The van der Waals surface area contributed by atoms with Crippen molar-refractivity contribution in [2.45, 2.75) is 48.6 Å². The van der Waals surface area contributed by atoms with Crippen molar-refractivity contribution >= 4 is 33.4 Å². The Bertz CT molecular complexity index is 1030. The second-order valence-corrected chi connectivity index (χ2v) is 10.7. The Kier molecular flexibility index (Phi) is 6.95. The minimum absolute atomic E-state index is 0.141. The summed E-state index contributed by atoms with van der Waals surface area (Å²) in [6.45, 7) is 3.25. The molecule has 11 heteroatoms. The number of carbonyl (C=O) groups is 1. The van der Waals surface area contributed by atoms with Crippen molar-refractivity contribution in [1.29, 1.82) is 0 Å². The quantitative estimate of drug-likeness (QED) is 0.603. The van der Waals surface area contributed by atoms with E-state index >= 15 is 0 Å². The highest BCUT2D eigenvalue weighted by atomic mass is 32.2. The number of anilines is 1. The van der Waals surface area contributed by atoms with Gasteiger partial charge in [0.15, 0.2) is 0 Å². The summed E-state index contributed by atoms with van der Waals surface area (Å²) in [5.74, 6) is 1.25. The summed E-state index contributed by atoms with van der Waals surface area (Å²) >= 11 is 1.26. The van der Waals surface area contributed by atoms with E-state index in [1.54, 1.807) is 12.1 Å². The molecular weight excluding hydrogens is 438 g/mol. The van der Waals surface area contributed by atoms with Gasteiger partial charge in [-0.1, -0.05) is 30.7 Å². The Morgan fingerprint density at radius 2 is 2.03 bits per heavy atom. The summed E-state index contributed by atoms with van der Waals surface area (Å²) < 4.78 is 32.4. The van der Waals surface area contributed by atoms with Crippen LogP contribution in [-0.4, -0.2) is 65.9 Å². The van der Waals surface area contributed by atoms with Crippen LogP contribution in [0, 0.1) is 6.92 Å². The molecule has 31 heavy (non-hydrogen) atoms. The summed E-state index contributed by atoms with van der Waals surface area (Å²) in [5.41, 5.74) is 1.28. The highest BCUT2D eigenvalue weighted by molar-refractivity contribution is 7.99. The highest BCUT2D eigenvalue weighted by Crippen LogP contribution is 2.32. The lowest BCUT2D eigenvalue weighted by atomic mass is 10.1. The molecule has 1 amide bonds. The van der Waals surface area contributed by atoms with E-state index in [4.69, 9.17) is 4.74 Å². The fourth-order valence-corrected chi connectivity index (χ4v) is 5.89. The number of hydrogen-bond acceptors (Lipinski definition) is 7. The second kappa shape index (κ2) is 9.68. The van der Waals surface area contributed by atoms with E-state index < -0.39 is 10.0 Å². The maximum Gasteiger partial charge on any atom is 0.243 e. The number of aromatic nitrogens is 3. The maximum absolute atomic E-state index is 12.9. The summed E-state index contributed by atoms with van der Waals surface area (Å²) in [6, 6.07) is 4.80. The van der Waals surface area contributed by atoms with Crippen LogP contribution in [0.4, 0.5) is 5.69 Å². The van der Waals surface area contributed by atoms with Crippen molar-refractivity contribution in [3.63, 3.8) is 0 Å².